The van der Waals surface area contributed by atoms with Crippen molar-refractivity contribution in [2.75, 3.05) is 0 Å². The van der Waals surface area contributed by atoms with Gasteiger partial charge in [0.25, 0.3) is 0 Å². The third-order valence-corrected chi connectivity index (χ3v) is 4.26. The molecular weight excluding hydrogens is 311 g/mol. The summed E-state index contributed by atoms with van der Waals surface area (Å²) in [7, 11) is 0. The molecule has 0 fully saturated rings. The summed E-state index contributed by atoms with van der Waals surface area (Å²) in [6, 6.07) is 0. The molecule has 0 aromatic rings. The Balaban J connectivity index is 3.25. The number of hydrogen-bond acceptors (Lipinski definition) is 0. The van der Waals surface area contributed by atoms with E-state index in [-0.39, 0.29) is 6.42 Å². The Morgan fingerprint density at radius 3 is 1.09 bits per heavy atom. The van der Waals surface area contributed by atoms with Crippen LogP contribution in [-0.4, -0.2) is 12.1 Å². The van der Waals surface area contributed by atoms with Crippen molar-refractivity contribution in [3.63, 3.8) is 0 Å². The van der Waals surface area contributed by atoms with E-state index < -0.39 is 18.5 Å². The molecule has 0 saturated heterocycles. The molecule has 0 bridgehead atoms. The van der Waals surface area contributed by atoms with Gasteiger partial charge in [-0.3, -0.25) is 0 Å². The van der Waals surface area contributed by atoms with Crippen LogP contribution in [0.15, 0.2) is 0 Å². The van der Waals surface area contributed by atoms with Crippen molar-refractivity contribution in [2.45, 2.75) is 115 Å². The van der Waals surface area contributed by atoms with Crippen molar-refractivity contribution < 1.29 is 22.0 Å². The zero-order valence-corrected chi connectivity index (χ0v) is 14.5. The number of hydrogen-bond donors (Lipinski definition) is 0. The third-order valence-electron chi connectivity index (χ3n) is 4.26. The van der Waals surface area contributed by atoms with Gasteiger partial charge in [-0.2, -0.15) is 22.0 Å². The summed E-state index contributed by atoms with van der Waals surface area (Å²) in [5.74, 6) is -4.52. The summed E-state index contributed by atoms with van der Waals surface area (Å²) >= 11 is 0. The normalized spacial score (nSPS) is 12.8. The second kappa shape index (κ2) is 13.0. The van der Waals surface area contributed by atoms with E-state index >= 15 is 0 Å². The maximum atomic E-state index is 12.7. The van der Waals surface area contributed by atoms with Gasteiger partial charge in [0.1, 0.15) is 0 Å². The number of alkyl halides is 5. The Labute approximate surface area is 138 Å². The molecule has 5 heteroatoms. The minimum absolute atomic E-state index is 0.0513. The van der Waals surface area contributed by atoms with Gasteiger partial charge in [-0.25, -0.2) is 0 Å². The first kappa shape index (κ1) is 22.6. The topological polar surface area (TPSA) is 0 Å². The largest absolute Gasteiger partial charge is 0.453 e. The van der Waals surface area contributed by atoms with Crippen LogP contribution in [0.3, 0.4) is 0 Å². The molecule has 0 atom stereocenters. The highest BCUT2D eigenvalue weighted by molar-refractivity contribution is 4.75. The molecular formula is C18H33F5. The monoisotopic (exact) mass is 344 g/mol. The lowest BCUT2D eigenvalue weighted by Gasteiger charge is -2.19. The summed E-state index contributed by atoms with van der Waals surface area (Å²) < 4.78 is 61.1. The molecule has 0 N–H and O–H groups in total. The van der Waals surface area contributed by atoms with Crippen LogP contribution in [0.1, 0.15) is 103 Å². The highest BCUT2D eigenvalue weighted by Gasteiger charge is 2.56. The van der Waals surface area contributed by atoms with Gasteiger partial charge in [-0.05, 0) is 6.42 Å². The Bertz CT molecular complexity index is 261. The van der Waals surface area contributed by atoms with Crippen LogP contribution in [0.2, 0.25) is 0 Å². The standard InChI is InChI=1S/C18H33F5/c1-2-3-4-5-6-7-8-9-10-11-12-13-14-15-16-17(19,20)18(21,22)23/h2-16H2,1H3. The van der Waals surface area contributed by atoms with E-state index in [1.807, 2.05) is 0 Å². The predicted octanol–water partition coefficient (Wildman–Crippen LogP) is 8.06. The third kappa shape index (κ3) is 12.7. The maximum absolute atomic E-state index is 12.7. The molecule has 0 aromatic heterocycles. The molecule has 0 saturated carbocycles. The number of rotatable bonds is 15. The maximum Gasteiger partial charge on any atom is 0.453 e. The van der Waals surface area contributed by atoms with Gasteiger partial charge in [0.05, 0.1) is 0 Å². The molecule has 0 spiro atoms. The Kier molecular flexibility index (Phi) is 12.8. The van der Waals surface area contributed by atoms with Crippen molar-refractivity contribution >= 4 is 0 Å². The molecule has 0 aliphatic rings. The summed E-state index contributed by atoms with van der Waals surface area (Å²) in [6.45, 7) is 2.21. The van der Waals surface area contributed by atoms with Crippen LogP contribution in [0.4, 0.5) is 22.0 Å². The molecule has 0 amide bonds. The van der Waals surface area contributed by atoms with Crippen LogP contribution in [0.5, 0.6) is 0 Å². The minimum Gasteiger partial charge on any atom is -0.196 e. The zero-order valence-electron chi connectivity index (χ0n) is 14.5. The van der Waals surface area contributed by atoms with Crippen molar-refractivity contribution in [3.05, 3.63) is 0 Å². The van der Waals surface area contributed by atoms with E-state index in [2.05, 4.69) is 6.92 Å². The summed E-state index contributed by atoms with van der Waals surface area (Å²) in [4.78, 5) is 0. The van der Waals surface area contributed by atoms with Gasteiger partial charge >= 0.3 is 12.1 Å². The van der Waals surface area contributed by atoms with Crippen molar-refractivity contribution in [1.29, 1.82) is 0 Å². The molecule has 0 aliphatic carbocycles. The summed E-state index contributed by atoms with van der Waals surface area (Å²) in [5.41, 5.74) is 0. The second-order valence-electron chi connectivity index (χ2n) is 6.55. The van der Waals surface area contributed by atoms with E-state index in [9.17, 15) is 22.0 Å². The van der Waals surface area contributed by atoms with Crippen LogP contribution >= 0.6 is 0 Å². The van der Waals surface area contributed by atoms with Gasteiger partial charge < -0.3 is 0 Å². The van der Waals surface area contributed by atoms with Gasteiger partial charge in [-0.1, -0.05) is 90.4 Å². The average Bonchev–Trinajstić information content (AvgIpc) is 2.46. The molecule has 140 valence electrons. The minimum atomic E-state index is -5.40. The Morgan fingerprint density at radius 2 is 0.783 bits per heavy atom. The van der Waals surface area contributed by atoms with Crippen LogP contribution < -0.4 is 0 Å². The van der Waals surface area contributed by atoms with Crippen LogP contribution in [-0.2, 0) is 0 Å². The summed E-state index contributed by atoms with van der Waals surface area (Å²) in [5, 5.41) is 0. The lowest BCUT2D eigenvalue weighted by atomic mass is 10.0. The lowest BCUT2D eigenvalue weighted by Crippen LogP contribution is -2.36. The molecule has 0 unspecified atom stereocenters. The smallest absolute Gasteiger partial charge is 0.196 e. The molecule has 23 heavy (non-hydrogen) atoms. The highest BCUT2D eigenvalue weighted by atomic mass is 19.4. The fourth-order valence-electron chi connectivity index (χ4n) is 2.68. The van der Waals surface area contributed by atoms with Crippen LogP contribution in [0.25, 0.3) is 0 Å². The fourth-order valence-corrected chi connectivity index (χ4v) is 2.68. The SMILES string of the molecule is CCCCCCCCCCCCCCCCC(F)(F)C(F)(F)F. The van der Waals surface area contributed by atoms with Crippen molar-refractivity contribution in [1.82, 2.24) is 0 Å². The highest BCUT2D eigenvalue weighted by Crippen LogP contribution is 2.39. The number of unbranched alkanes of at least 4 members (excludes halogenated alkanes) is 13. The molecule has 0 rings (SSSR count). The molecule has 0 aliphatic heterocycles. The quantitative estimate of drug-likeness (QED) is 0.208. The molecule has 0 radical (unpaired) electrons. The predicted molar refractivity (Wildman–Crippen MR) is 85.9 cm³/mol. The van der Waals surface area contributed by atoms with Crippen molar-refractivity contribution in [3.8, 4) is 0 Å². The fraction of sp³-hybridized carbons (Fsp3) is 1.00. The van der Waals surface area contributed by atoms with Crippen LogP contribution in [0, 0.1) is 0 Å². The second-order valence-corrected chi connectivity index (χ2v) is 6.55. The Morgan fingerprint density at radius 1 is 0.478 bits per heavy atom. The molecule has 0 heterocycles. The Hall–Kier alpha value is -0.350. The van der Waals surface area contributed by atoms with Gasteiger partial charge in [0, 0.05) is 6.42 Å². The average molecular weight is 344 g/mol. The van der Waals surface area contributed by atoms with E-state index in [0.717, 1.165) is 25.7 Å². The van der Waals surface area contributed by atoms with Gasteiger partial charge in [-0.15, -0.1) is 0 Å². The van der Waals surface area contributed by atoms with E-state index in [0.29, 0.717) is 6.42 Å². The summed E-state index contributed by atoms with van der Waals surface area (Å²) in [6.07, 6.45) is 8.17. The first-order valence-electron chi connectivity index (χ1n) is 9.26. The zero-order chi connectivity index (χ0) is 17.6. The van der Waals surface area contributed by atoms with Gasteiger partial charge in [0.15, 0.2) is 0 Å². The van der Waals surface area contributed by atoms with E-state index in [4.69, 9.17) is 0 Å². The number of halogens is 5. The van der Waals surface area contributed by atoms with E-state index in [1.165, 1.54) is 51.4 Å². The first-order valence-corrected chi connectivity index (χ1v) is 9.26. The van der Waals surface area contributed by atoms with Gasteiger partial charge in [0.2, 0.25) is 0 Å². The molecule has 0 nitrogen and oxygen atoms in total. The first-order chi connectivity index (χ1) is 10.8. The van der Waals surface area contributed by atoms with E-state index in [1.54, 1.807) is 0 Å². The molecule has 0 aromatic carbocycles. The van der Waals surface area contributed by atoms with Crippen molar-refractivity contribution in [2.24, 2.45) is 0 Å². The lowest BCUT2D eigenvalue weighted by molar-refractivity contribution is -0.284.